The molecular weight excluding hydrogens is 239 g/mol. The zero-order valence-electron chi connectivity index (χ0n) is 10.9. The number of halogens is 1. The van der Waals surface area contributed by atoms with Crippen molar-refractivity contribution in [2.45, 2.75) is 32.4 Å². The lowest BCUT2D eigenvalue weighted by atomic mass is 10.00. The number of hydrogen-bond donors (Lipinski definition) is 1. The summed E-state index contributed by atoms with van der Waals surface area (Å²) in [6.07, 6.45) is 0. The van der Waals surface area contributed by atoms with Gasteiger partial charge in [0.05, 0.1) is 16.6 Å². The van der Waals surface area contributed by atoms with Gasteiger partial charge in [-0.1, -0.05) is 0 Å². The molecule has 0 aliphatic heterocycles. The number of hydrogen-bond acceptors (Lipinski definition) is 4. The number of methoxy groups -OCH3 is 1. The second-order valence-corrected chi connectivity index (χ2v) is 4.60. The van der Waals surface area contributed by atoms with Gasteiger partial charge in [-0.3, -0.25) is 10.1 Å². The molecule has 1 N–H and O–H groups in total. The first kappa shape index (κ1) is 14.4. The lowest BCUT2D eigenvalue weighted by molar-refractivity contribution is -0.387. The van der Waals surface area contributed by atoms with Crippen LogP contribution in [-0.4, -0.2) is 23.7 Å². The van der Waals surface area contributed by atoms with Crippen LogP contribution in [0.25, 0.3) is 0 Å². The van der Waals surface area contributed by atoms with E-state index in [2.05, 4.69) is 5.32 Å². The number of nitrogens with zero attached hydrogens (tertiary/aromatic N) is 1. The van der Waals surface area contributed by atoms with Crippen molar-refractivity contribution in [1.29, 1.82) is 0 Å². The van der Waals surface area contributed by atoms with Crippen molar-refractivity contribution in [3.63, 3.8) is 0 Å². The molecule has 0 saturated carbocycles. The van der Waals surface area contributed by atoms with Gasteiger partial charge in [0.15, 0.2) is 0 Å². The van der Waals surface area contributed by atoms with Gasteiger partial charge in [-0.05, 0) is 26.8 Å². The standard InChI is InChI=1S/C12H17FN2O3/c1-8(12(2,3)18-4)14-9-5-6-11(15(16)17)10(13)7-9/h5-8,14H,1-4H3. The molecule has 0 aromatic heterocycles. The summed E-state index contributed by atoms with van der Waals surface area (Å²) in [6, 6.07) is 3.65. The minimum Gasteiger partial charge on any atom is -0.380 e. The molecule has 18 heavy (non-hydrogen) atoms. The predicted octanol–water partition coefficient (Wildman–Crippen LogP) is 2.96. The Morgan fingerprint density at radius 3 is 2.56 bits per heavy atom. The molecule has 0 aliphatic rings. The molecule has 0 heterocycles. The summed E-state index contributed by atoms with van der Waals surface area (Å²) in [5, 5.41) is 13.5. The lowest BCUT2D eigenvalue weighted by Crippen LogP contribution is -2.41. The minimum absolute atomic E-state index is 0.0802. The van der Waals surface area contributed by atoms with Crippen molar-refractivity contribution in [3.05, 3.63) is 34.1 Å². The number of benzene rings is 1. The highest BCUT2D eigenvalue weighted by atomic mass is 19.1. The first-order valence-electron chi connectivity index (χ1n) is 5.53. The normalized spacial score (nSPS) is 13.2. The van der Waals surface area contributed by atoms with Gasteiger partial charge in [-0.15, -0.1) is 0 Å². The van der Waals surface area contributed by atoms with E-state index in [0.29, 0.717) is 5.69 Å². The van der Waals surface area contributed by atoms with Crippen LogP contribution in [0.5, 0.6) is 0 Å². The van der Waals surface area contributed by atoms with Crippen LogP contribution >= 0.6 is 0 Å². The maximum absolute atomic E-state index is 13.4. The molecule has 0 radical (unpaired) electrons. The number of rotatable bonds is 5. The van der Waals surface area contributed by atoms with E-state index in [1.807, 2.05) is 20.8 Å². The van der Waals surface area contributed by atoms with E-state index in [1.165, 1.54) is 6.07 Å². The van der Waals surface area contributed by atoms with Gasteiger partial charge in [0.2, 0.25) is 5.82 Å². The fourth-order valence-electron chi connectivity index (χ4n) is 1.35. The van der Waals surface area contributed by atoms with Gasteiger partial charge >= 0.3 is 5.69 Å². The highest BCUT2D eigenvalue weighted by molar-refractivity contribution is 5.50. The minimum atomic E-state index is -0.854. The zero-order chi connectivity index (χ0) is 13.9. The number of nitrogens with one attached hydrogen (secondary N) is 1. The van der Waals surface area contributed by atoms with Gasteiger partial charge in [0.1, 0.15) is 0 Å². The summed E-state index contributed by atoms with van der Waals surface area (Å²) in [5.74, 6) is -0.854. The average molecular weight is 256 g/mol. The number of anilines is 1. The van der Waals surface area contributed by atoms with Crippen LogP contribution in [0.1, 0.15) is 20.8 Å². The Morgan fingerprint density at radius 2 is 2.11 bits per heavy atom. The number of nitro benzene ring substituents is 1. The van der Waals surface area contributed by atoms with Gasteiger partial charge in [-0.2, -0.15) is 4.39 Å². The largest absolute Gasteiger partial charge is 0.380 e. The van der Waals surface area contributed by atoms with Gasteiger partial charge < -0.3 is 10.1 Å². The fourth-order valence-corrected chi connectivity index (χ4v) is 1.35. The second-order valence-electron chi connectivity index (χ2n) is 4.60. The van der Waals surface area contributed by atoms with Gasteiger partial charge in [0.25, 0.3) is 0 Å². The summed E-state index contributed by atoms with van der Waals surface area (Å²) in [5.41, 5.74) is -0.479. The molecule has 0 spiro atoms. The molecule has 1 unspecified atom stereocenters. The van der Waals surface area contributed by atoms with Crippen LogP contribution in [0.15, 0.2) is 18.2 Å². The third-order valence-electron chi connectivity index (χ3n) is 3.10. The van der Waals surface area contributed by atoms with Gasteiger partial charge in [-0.25, -0.2) is 0 Å². The zero-order valence-corrected chi connectivity index (χ0v) is 10.9. The molecule has 1 atom stereocenters. The van der Waals surface area contributed by atoms with Crippen LogP contribution in [0.2, 0.25) is 0 Å². The Morgan fingerprint density at radius 1 is 1.50 bits per heavy atom. The Bertz CT molecular complexity index is 449. The summed E-state index contributed by atoms with van der Waals surface area (Å²) < 4.78 is 18.7. The van der Waals surface area contributed by atoms with E-state index in [0.717, 1.165) is 12.1 Å². The van der Waals surface area contributed by atoms with Crippen LogP contribution in [0.3, 0.4) is 0 Å². The van der Waals surface area contributed by atoms with Gasteiger partial charge in [0, 0.05) is 24.9 Å². The summed E-state index contributed by atoms with van der Waals surface area (Å²) >= 11 is 0. The Balaban J connectivity index is 2.87. The quantitative estimate of drug-likeness (QED) is 0.649. The van der Waals surface area contributed by atoms with E-state index in [-0.39, 0.29) is 6.04 Å². The third-order valence-corrected chi connectivity index (χ3v) is 3.10. The summed E-state index contributed by atoms with van der Waals surface area (Å²) in [6.45, 7) is 5.68. The van der Waals surface area contributed by atoms with E-state index in [4.69, 9.17) is 4.74 Å². The number of nitro groups is 1. The Kier molecular flexibility index (Phi) is 4.24. The maximum atomic E-state index is 13.4. The molecule has 0 fully saturated rings. The number of ether oxygens (including phenoxy) is 1. The van der Waals surface area contributed by atoms with E-state index >= 15 is 0 Å². The molecule has 1 aromatic carbocycles. The lowest BCUT2D eigenvalue weighted by Gasteiger charge is -2.31. The summed E-state index contributed by atoms with van der Waals surface area (Å²) in [4.78, 5) is 9.74. The molecule has 6 heteroatoms. The third kappa shape index (κ3) is 3.16. The SMILES string of the molecule is COC(C)(C)C(C)Nc1ccc([N+](=O)[O-])c(F)c1. The Hall–Kier alpha value is -1.69. The van der Waals surface area contributed by atoms with Crippen molar-refractivity contribution < 1.29 is 14.1 Å². The molecule has 5 nitrogen and oxygen atoms in total. The van der Waals surface area contributed by atoms with Crippen LogP contribution in [0.4, 0.5) is 15.8 Å². The monoisotopic (exact) mass is 256 g/mol. The van der Waals surface area contributed by atoms with Crippen LogP contribution < -0.4 is 5.32 Å². The van der Waals surface area contributed by atoms with Crippen LogP contribution in [0, 0.1) is 15.9 Å². The first-order valence-corrected chi connectivity index (χ1v) is 5.53. The molecular formula is C12H17FN2O3. The van der Waals surface area contributed by atoms with Crippen LogP contribution in [-0.2, 0) is 4.74 Å². The molecule has 0 amide bonds. The van der Waals surface area contributed by atoms with Crippen molar-refractivity contribution in [1.82, 2.24) is 0 Å². The van der Waals surface area contributed by atoms with E-state index < -0.39 is 22.0 Å². The van der Waals surface area contributed by atoms with E-state index in [1.54, 1.807) is 7.11 Å². The molecule has 1 aromatic rings. The Labute approximate surface area is 105 Å². The molecule has 100 valence electrons. The second kappa shape index (κ2) is 5.30. The molecule has 1 rings (SSSR count). The first-order chi connectivity index (χ1) is 8.27. The maximum Gasteiger partial charge on any atom is 0.304 e. The molecule has 0 bridgehead atoms. The predicted molar refractivity (Wildman–Crippen MR) is 67.2 cm³/mol. The smallest absolute Gasteiger partial charge is 0.304 e. The van der Waals surface area contributed by atoms with Crippen molar-refractivity contribution in [3.8, 4) is 0 Å². The van der Waals surface area contributed by atoms with Crippen molar-refractivity contribution in [2.75, 3.05) is 12.4 Å². The average Bonchev–Trinajstić information content (AvgIpc) is 2.28. The highest BCUT2D eigenvalue weighted by Crippen LogP contribution is 2.23. The fraction of sp³-hybridized carbons (Fsp3) is 0.500. The van der Waals surface area contributed by atoms with Crippen molar-refractivity contribution >= 4 is 11.4 Å². The van der Waals surface area contributed by atoms with E-state index in [9.17, 15) is 14.5 Å². The summed E-state index contributed by atoms with van der Waals surface area (Å²) in [7, 11) is 1.59. The van der Waals surface area contributed by atoms with Crippen molar-refractivity contribution in [2.24, 2.45) is 0 Å². The topological polar surface area (TPSA) is 64.4 Å². The molecule has 0 saturated heterocycles. The molecule has 0 aliphatic carbocycles. The highest BCUT2D eigenvalue weighted by Gasteiger charge is 2.25.